The van der Waals surface area contributed by atoms with Gasteiger partial charge in [0.1, 0.15) is 5.82 Å². The van der Waals surface area contributed by atoms with Gasteiger partial charge in [-0.3, -0.25) is 4.79 Å². The zero-order valence-corrected chi connectivity index (χ0v) is 13.5. The lowest BCUT2D eigenvalue weighted by Crippen LogP contribution is -2.34. The maximum atomic E-state index is 13.3. The third-order valence-electron chi connectivity index (χ3n) is 3.17. The number of esters is 1. The topological polar surface area (TPSA) is 63.7 Å². The highest BCUT2D eigenvalue weighted by atomic mass is 32.2. The zero-order valence-electron chi connectivity index (χ0n) is 12.6. The Labute approximate surface area is 124 Å². The normalized spacial score (nSPS) is 11.7. The van der Waals surface area contributed by atoms with Gasteiger partial charge in [-0.2, -0.15) is 4.31 Å². The van der Waals surface area contributed by atoms with E-state index >= 15 is 0 Å². The Morgan fingerprint density at radius 2 is 1.81 bits per heavy atom. The molecule has 0 aromatic heterocycles. The fraction of sp³-hybridized carbons (Fsp3) is 0.500. The van der Waals surface area contributed by atoms with E-state index in [1.165, 1.54) is 23.5 Å². The largest absolute Gasteiger partial charge is 0.469 e. The maximum Gasteiger partial charge on any atom is 0.306 e. The molecule has 1 aromatic rings. The molecule has 0 unspecified atom stereocenters. The molecule has 0 aliphatic rings. The molecular formula is C14H20FNO4S. The number of benzene rings is 1. The molecule has 21 heavy (non-hydrogen) atoms. The number of carbonyl (C=O) groups excluding carboxylic acids is 1. The lowest BCUT2D eigenvalue weighted by atomic mass is 10.1. The fourth-order valence-electron chi connectivity index (χ4n) is 2.20. The van der Waals surface area contributed by atoms with Crippen molar-refractivity contribution in [3.8, 4) is 0 Å². The van der Waals surface area contributed by atoms with Gasteiger partial charge in [-0.25, -0.2) is 12.8 Å². The van der Waals surface area contributed by atoms with Crippen LogP contribution in [0.4, 0.5) is 4.39 Å². The summed E-state index contributed by atoms with van der Waals surface area (Å²) in [4.78, 5) is 11.3. The van der Waals surface area contributed by atoms with Gasteiger partial charge in [-0.05, 0) is 37.1 Å². The lowest BCUT2D eigenvalue weighted by Gasteiger charge is -2.22. The Morgan fingerprint density at radius 3 is 2.24 bits per heavy atom. The van der Waals surface area contributed by atoms with Gasteiger partial charge in [0.2, 0.25) is 10.0 Å². The number of hydrogen-bond acceptors (Lipinski definition) is 4. The number of halogens is 1. The van der Waals surface area contributed by atoms with Crippen LogP contribution in [0.25, 0.3) is 0 Å². The van der Waals surface area contributed by atoms with E-state index in [1.807, 2.05) is 0 Å². The second kappa shape index (κ2) is 7.00. The molecule has 0 heterocycles. The first kappa shape index (κ1) is 17.6. The van der Waals surface area contributed by atoms with Gasteiger partial charge >= 0.3 is 5.97 Å². The maximum absolute atomic E-state index is 13.3. The number of sulfonamides is 1. The minimum Gasteiger partial charge on any atom is -0.469 e. The van der Waals surface area contributed by atoms with Crippen molar-refractivity contribution < 1.29 is 22.3 Å². The second-order valence-corrected chi connectivity index (χ2v) is 6.57. The third-order valence-corrected chi connectivity index (χ3v) is 5.45. The number of rotatable bonds is 6. The van der Waals surface area contributed by atoms with Gasteiger partial charge in [0.05, 0.1) is 18.4 Å². The molecular weight excluding hydrogens is 297 g/mol. The molecule has 1 aromatic carbocycles. The van der Waals surface area contributed by atoms with Crippen molar-refractivity contribution in [1.82, 2.24) is 4.31 Å². The number of carbonyl (C=O) groups is 1. The molecule has 1 rings (SSSR count). The summed E-state index contributed by atoms with van der Waals surface area (Å²) < 4.78 is 44.4. The molecule has 118 valence electrons. The minimum absolute atomic E-state index is 0.0249. The predicted octanol–water partition coefficient (Wildman–Crippen LogP) is 2.02. The fourth-order valence-corrected chi connectivity index (χ4v) is 4.06. The van der Waals surface area contributed by atoms with E-state index in [2.05, 4.69) is 4.74 Å². The molecule has 0 aliphatic carbocycles. The van der Waals surface area contributed by atoms with Gasteiger partial charge in [0.25, 0.3) is 0 Å². The van der Waals surface area contributed by atoms with E-state index in [0.717, 1.165) is 0 Å². The molecule has 0 N–H and O–H groups in total. The van der Waals surface area contributed by atoms with Gasteiger partial charge in [-0.1, -0.05) is 6.92 Å². The highest BCUT2D eigenvalue weighted by molar-refractivity contribution is 7.89. The van der Waals surface area contributed by atoms with Crippen LogP contribution < -0.4 is 0 Å². The van der Waals surface area contributed by atoms with Crippen LogP contribution in [-0.2, 0) is 19.6 Å². The molecule has 7 heteroatoms. The molecule has 0 fully saturated rings. The van der Waals surface area contributed by atoms with Crippen molar-refractivity contribution in [3.05, 3.63) is 29.1 Å². The van der Waals surface area contributed by atoms with Crippen LogP contribution in [0.3, 0.4) is 0 Å². The van der Waals surface area contributed by atoms with Crippen LogP contribution in [0.15, 0.2) is 17.0 Å². The summed E-state index contributed by atoms with van der Waals surface area (Å²) >= 11 is 0. The standard InChI is InChI=1S/C14H20FNO4S/c1-5-16(7-6-13(17)20-4)21(18,19)14-10(2)8-12(15)9-11(14)3/h8-9H,5-7H2,1-4H3. The minimum atomic E-state index is -3.77. The molecule has 0 amide bonds. The monoisotopic (exact) mass is 317 g/mol. The van der Waals surface area contributed by atoms with E-state index in [4.69, 9.17) is 0 Å². The van der Waals surface area contributed by atoms with E-state index in [9.17, 15) is 17.6 Å². The van der Waals surface area contributed by atoms with E-state index in [-0.39, 0.29) is 24.4 Å². The third kappa shape index (κ3) is 4.01. The first-order chi connectivity index (χ1) is 9.73. The van der Waals surface area contributed by atoms with Gasteiger partial charge in [-0.15, -0.1) is 0 Å². The second-order valence-electron chi connectivity index (χ2n) is 4.69. The van der Waals surface area contributed by atoms with Crippen LogP contribution in [0, 0.1) is 19.7 Å². The van der Waals surface area contributed by atoms with Gasteiger partial charge in [0, 0.05) is 13.1 Å². The zero-order chi connectivity index (χ0) is 16.2. The Morgan fingerprint density at radius 1 is 1.29 bits per heavy atom. The van der Waals surface area contributed by atoms with Crippen LogP contribution in [0.5, 0.6) is 0 Å². The predicted molar refractivity (Wildman–Crippen MR) is 76.9 cm³/mol. The number of aryl methyl sites for hydroxylation is 2. The number of methoxy groups -OCH3 is 1. The number of nitrogens with zero attached hydrogens (tertiary/aromatic N) is 1. The molecule has 0 saturated heterocycles. The van der Waals surface area contributed by atoms with Crippen molar-refractivity contribution >= 4 is 16.0 Å². The summed E-state index contributed by atoms with van der Waals surface area (Å²) in [5, 5.41) is 0. The van der Waals surface area contributed by atoms with Gasteiger partial charge < -0.3 is 4.74 Å². The van der Waals surface area contributed by atoms with Crippen molar-refractivity contribution in [2.24, 2.45) is 0 Å². The van der Waals surface area contributed by atoms with Crippen LogP contribution in [-0.4, -0.2) is 38.9 Å². The van der Waals surface area contributed by atoms with E-state index < -0.39 is 21.8 Å². The summed E-state index contributed by atoms with van der Waals surface area (Å²) in [6, 6.07) is 2.38. The Hall–Kier alpha value is -1.47. The summed E-state index contributed by atoms with van der Waals surface area (Å²) in [7, 11) is -2.52. The SMILES string of the molecule is CCN(CCC(=O)OC)S(=O)(=O)c1c(C)cc(F)cc1C. The Kier molecular flexibility index (Phi) is 5.86. The van der Waals surface area contributed by atoms with Gasteiger partial charge in [0.15, 0.2) is 0 Å². The van der Waals surface area contributed by atoms with Crippen LogP contribution >= 0.6 is 0 Å². The summed E-state index contributed by atoms with van der Waals surface area (Å²) in [6.45, 7) is 5.04. The smallest absolute Gasteiger partial charge is 0.306 e. The van der Waals surface area contributed by atoms with Crippen molar-refractivity contribution in [2.45, 2.75) is 32.1 Å². The number of ether oxygens (including phenoxy) is 1. The first-order valence-corrected chi connectivity index (χ1v) is 8.01. The van der Waals surface area contributed by atoms with Crippen molar-refractivity contribution in [1.29, 1.82) is 0 Å². The quantitative estimate of drug-likeness (QED) is 0.753. The molecule has 5 nitrogen and oxygen atoms in total. The summed E-state index contributed by atoms with van der Waals surface area (Å²) in [6.07, 6.45) is -0.0249. The average Bonchev–Trinajstić information content (AvgIpc) is 2.36. The molecule has 0 bridgehead atoms. The molecule has 0 aliphatic heterocycles. The van der Waals surface area contributed by atoms with E-state index in [0.29, 0.717) is 11.1 Å². The van der Waals surface area contributed by atoms with Crippen molar-refractivity contribution in [3.63, 3.8) is 0 Å². The summed E-state index contributed by atoms with van der Waals surface area (Å²) in [5.74, 6) is -0.947. The van der Waals surface area contributed by atoms with Crippen LogP contribution in [0.1, 0.15) is 24.5 Å². The molecule has 0 radical (unpaired) electrons. The summed E-state index contributed by atoms with van der Waals surface area (Å²) in [5.41, 5.74) is 0.702. The number of hydrogen-bond donors (Lipinski definition) is 0. The van der Waals surface area contributed by atoms with Crippen molar-refractivity contribution in [2.75, 3.05) is 20.2 Å². The van der Waals surface area contributed by atoms with E-state index in [1.54, 1.807) is 20.8 Å². The molecule has 0 spiro atoms. The Balaban J connectivity index is 3.16. The Bertz CT molecular complexity index is 605. The first-order valence-electron chi connectivity index (χ1n) is 6.57. The highest BCUT2D eigenvalue weighted by Gasteiger charge is 2.27. The highest BCUT2D eigenvalue weighted by Crippen LogP contribution is 2.25. The van der Waals surface area contributed by atoms with Crippen LogP contribution in [0.2, 0.25) is 0 Å². The molecule has 0 atom stereocenters. The lowest BCUT2D eigenvalue weighted by molar-refractivity contribution is -0.140. The molecule has 0 saturated carbocycles. The average molecular weight is 317 g/mol.